The summed E-state index contributed by atoms with van der Waals surface area (Å²) in [6, 6.07) is 1.59. The Morgan fingerprint density at radius 3 is 1.90 bits per heavy atom. The van der Waals surface area contributed by atoms with Crippen molar-refractivity contribution in [3.8, 4) is 6.07 Å². The second-order valence-corrected chi connectivity index (χ2v) is 7.28. The van der Waals surface area contributed by atoms with E-state index in [0.29, 0.717) is 5.92 Å². The second kappa shape index (κ2) is 8.57. The number of hydrogen-bond donors (Lipinski definition) is 0. The van der Waals surface area contributed by atoms with E-state index in [1.807, 2.05) is 0 Å². The summed E-state index contributed by atoms with van der Waals surface area (Å²) < 4.78 is 13.0. The van der Waals surface area contributed by atoms with Crippen molar-refractivity contribution >= 4 is 0 Å². The van der Waals surface area contributed by atoms with Gasteiger partial charge in [0.2, 0.25) is 0 Å². The van der Waals surface area contributed by atoms with Crippen molar-refractivity contribution in [1.29, 1.82) is 5.26 Å². The van der Waals surface area contributed by atoms with Crippen molar-refractivity contribution in [2.45, 2.75) is 77.6 Å². The Bertz CT molecular complexity index is 366. The standard InChI is InChI=1S/C19H30FN/c1-2-15-3-5-16(6-4-15)7-8-17-9-11-18(12-10-17)13-19(20)14-21/h13,15-18H,2-12H2,1H3/t15-,16-,17?,18?. The topological polar surface area (TPSA) is 23.8 Å². The summed E-state index contributed by atoms with van der Waals surface area (Å²) in [4.78, 5) is 0. The Labute approximate surface area is 129 Å². The largest absolute Gasteiger partial charge is 0.196 e. The highest BCUT2D eigenvalue weighted by molar-refractivity contribution is 5.13. The molecule has 2 fully saturated rings. The average molecular weight is 291 g/mol. The molecule has 0 aromatic heterocycles. The van der Waals surface area contributed by atoms with Crippen LogP contribution in [0.25, 0.3) is 0 Å². The maximum atomic E-state index is 13.0. The SMILES string of the molecule is CC[C@H]1CC[C@H](CCC2CCC(C=C(F)C#N)CC2)CC1. The normalized spacial score (nSPS) is 34.4. The predicted molar refractivity (Wildman–Crippen MR) is 85.2 cm³/mol. The number of hydrogen-bond acceptors (Lipinski definition) is 1. The van der Waals surface area contributed by atoms with E-state index in [2.05, 4.69) is 6.92 Å². The Morgan fingerprint density at radius 1 is 0.952 bits per heavy atom. The first-order chi connectivity index (χ1) is 10.2. The highest BCUT2D eigenvalue weighted by Crippen LogP contribution is 2.37. The average Bonchev–Trinajstić information content (AvgIpc) is 2.54. The van der Waals surface area contributed by atoms with E-state index in [-0.39, 0.29) is 0 Å². The molecule has 0 heterocycles. The van der Waals surface area contributed by atoms with Crippen LogP contribution in [-0.2, 0) is 0 Å². The summed E-state index contributed by atoms with van der Waals surface area (Å²) in [6.07, 6.45) is 16.1. The van der Waals surface area contributed by atoms with Crippen molar-refractivity contribution < 1.29 is 4.39 Å². The van der Waals surface area contributed by atoms with Crippen LogP contribution in [0, 0.1) is 35.0 Å². The molecule has 0 aromatic carbocycles. The Hall–Kier alpha value is -0.840. The minimum Gasteiger partial charge on any atom is -0.195 e. The molecule has 0 aromatic rings. The van der Waals surface area contributed by atoms with Crippen molar-refractivity contribution in [2.75, 3.05) is 0 Å². The lowest BCUT2D eigenvalue weighted by atomic mass is 9.75. The lowest BCUT2D eigenvalue weighted by Crippen LogP contribution is -2.17. The molecule has 2 aliphatic rings. The Kier molecular flexibility index (Phi) is 6.74. The molecule has 0 amide bonds. The number of nitriles is 1. The van der Waals surface area contributed by atoms with Gasteiger partial charge in [-0.2, -0.15) is 9.65 Å². The smallest absolute Gasteiger partial charge is 0.195 e. The lowest BCUT2D eigenvalue weighted by Gasteiger charge is -2.31. The van der Waals surface area contributed by atoms with Gasteiger partial charge in [0.1, 0.15) is 6.07 Å². The lowest BCUT2D eigenvalue weighted by molar-refractivity contribution is 0.224. The first-order valence-corrected chi connectivity index (χ1v) is 8.98. The van der Waals surface area contributed by atoms with E-state index in [0.717, 1.165) is 30.6 Å². The molecule has 0 aliphatic heterocycles. The molecular weight excluding hydrogens is 261 g/mol. The maximum Gasteiger partial charge on any atom is 0.196 e. The molecule has 118 valence electrons. The summed E-state index contributed by atoms with van der Waals surface area (Å²) in [5.74, 6) is 2.54. The third-order valence-corrected chi connectivity index (χ3v) is 5.91. The maximum absolute atomic E-state index is 13.0. The first kappa shape index (κ1) is 16.5. The molecular formula is C19H30FN. The minimum atomic E-state index is -0.592. The highest BCUT2D eigenvalue weighted by atomic mass is 19.1. The van der Waals surface area contributed by atoms with Gasteiger partial charge >= 0.3 is 0 Å². The molecule has 1 nitrogen and oxygen atoms in total. The Morgan fingerprint density at radius 2 is 1.43 bits per heavy atom. The van der Waals surface area contributed by atoms with Crippen molar-refractivity contribution in [2.24, 2.45) is 23.7 Å². The molecule has 0 spiro atoms. The van der Waals surface area contributed by atoms with E-state index in [4.69, 9.17) is 5.26 Å². The fraction of sp³-hybridized carbons (Fsp3) is 0.842. The number of allylic oxidation sites excluding steroid dienone is 2. The van der Waals surface area contributed by atoms with Gasteiger partial charge < -0.3 is 0 Å². The summed E-state index contributed by atoms with van der Waals surface area (Å²) in [7, 11) is 0. The van der Waals surface area contributed by atoms with Gasteiger partial charge in [0.25, 0.3) is 0 Å². The second-order valence-electron chi connectivity index (χ2n) is 7.28. The van der Waals surface area contributed by atoms with Crippen LogP contribution in [0.15, 0.2) is 11.9 Å². The fourth-order valence-corrected chi connectivity index (χ4v) is 4.29. The van der Waals surface area contributed by atoms with Gasteiger partial charge in [-0.15, -0.1) is 0 Å². The number of rotatable bonds is 5. The van der Waals surface area contributed by atoms with Crippen LogP contribution in [0.5, 0.6) is 0 Å². The zero-order valence-electron chi connectivity index (χ0n) is 13.5. The fourth-order valence-electron chi connectivity index (χ4n) is 4.29. The molecule has 2 saturated carbocycles. The van der Waals surface area contributed by atoms with Crippen molar-refractivity contribution in [3.63, 3.8) is 0 Å². The molecule has 0 unspecified atom stereocenters. The first-order valence-electron chi connectivity index (χ1n) is 8.98. The van der Waals surface area contributed by atoms with Gasteiger partial charge in [0.15, 0.2) is 5.83 Å². The summed E-state index contributed by atoms with van der Waals surface area (Å²) in [6.45, 7) is 2.33. The van der Waals surface area contributed by atoms with Crippen LogP contribution in [0.4, 0.5) is 4.39 Å². The van der Waals surface area contributed by atoms with Gasteiger partial charge in [0, 0.05) is 0 Å². The van der Waals surface area contributed by atoms with E-state index in [1.54, 1.807) is 12.1 Å². The molecule has 2 aliphatic carbocycles. The molecule has 0 atom stereocenters. The van der Waals surface area contributed by atoms with Crippen molar-refractivity contribution in [3.05, 3.63) is 11.9 Å². The summed E-state index contributed by atoms with van der Waals surface area (Å²) >= 11 is 0. The van der Waals surface area contributed by atoms with Crippen LogP contribution in [0.2, 0.25) is 0 Å². The van der Waals surface area contributed by atoms with E-state index in [9.17, 15) is 4.39 Å². The zero-order valence-corrected chi connectivity index (χ0v) is 13.5. The molecule has 0 saturated heterocycles. The van der Waals surface area contributed by atoms with E-state index < -0.39 is 5.83 Å². The Balaban J connectivity index is 1.62. The van der Waals surface area contributed by atoms with Gasteiger partial charge in [-0.05, 0) is 55.4 Å². The third-order valence-electron chi connectivity index (χ3n) is 5.91. The van der Waals surface area contributed by atoms with Gasteiger partial charge in [-0.1, -0.05) is 51.9 Å². The minimum absolute atomic E-state index is 0.306. The van der Waals surface area contributed by atoms with Gasteiger partial charge in [0.05, 0.1) is 0 Å². The molecule has 0 N–H and O–H groups in total. The zero-order chi connectivity index (χ0) is 15.1. The molecule has 2 rings (SSSR count). The van der Waals surface area contributed by atoms with E-state index in [1.165, 1.54) is 57.8 Å². The third kappa shape index (κ3) is 5.46. The number of halogens is 1. The van der Waals surface area contributed by atoms with Crippen LogP contribution in [0.1, 0.15) is 77.6 Å². The van der Waals surface area contributed by atoms with Crippen molar-refractivity contribution in [1.82, 2.24) is 0 Å². The van der Waals surface area contributed by atoms with E-state index >= 15 is 0 Å². The van der Waals surface area contributed by atoms with Crippen LogP contribution in [-0.4, -0.2) is 0 Å². The number of nitrogens with zero attached hydrogens (tertiary/aromatic N) is 1. The quantitative estimate of drug-likeness (QED) is 0.556. The van der Waals surface area contributed by atoms with Crippen LogP contribution < -0.4 is 0 Å². The monoisotopic (exact) mass is 291 g/mol. The van der Waals surface area contributed by atoms with Gasteiger partial charge in [-0.3, -0.25) is 0 Å². The molecule has 2 heteroatoms. The molecule has 0 radical (unpaired) electrons. The van der Waals surface area contributed by atoms with Crippen LogP contribution in [0.3, 0.4) is 0 Å². The predicted octanol–water partition coefficient (Wildman–Crippen LogP) is 6.17. The van der Waals surface area contributed by atoms with Gasteiger partial charge in [-0.25, -0.2) is 0 Å². The summed E-state index contributed by atoms with van der Waals surface area (Å²) in [5.41, 5.74) is 0. The van der Waals surface area contributed by atoms with Crippen LogP contribution >= 0.6 is 0 Å². The summed E-state index contributed by atoms with van der Waals surface area (Å²) in [5, 5.41) is 8.49. The molecule has 21 heavy (non-hydrogen) atoms. The highest BCUT2D eigenvalue weighted by Gasteiger charge is 2.23. The molecule has 0 bridgehead atoms.